The van der Waals surface area contributed by atoms with Crippen LogP contribution < -0.4 is 10.5 Å². The molecule has 0 aromatic heterocycles. The van der Waals surface area contributed by atoms with Crippen LogP contribution in [0, 0.1) is 5.92 Å². The second-order valence-electron chi connectivity index (χ2n) is 4.31. The SMILES string of the molecule is NC(CNS(=O)(=O)c1ccc(Br)cc1)C1CC1. The molecule has 0 heterocycles. The minimum absolute atomic E-state index is 0.0692. The van der Waals surface area contributed by atoms with Gasteiger partial charge in [-0.25, -0.2) is 13.1 Å². The summed E-state index contributed by atoms with van der Waals surface area (Å²) in [5.41, 5.74) is 5.85. The van der Waals surface area contributed by atoms with Crippen molar-refractivity contribution in [1.29, 1.82) is 0 Å². The van der Waals surface area contributed by atoms with Crippen molar-refractivity contribution in [2.24, 2.45) is 11.7 Å². The van der Waals surface area contributed by atoms with Crippen LogP contribution in [-0.2, 0) is 10.0 Å². The van der Waals surface area contributed by atoms with Gasteiger partial charge in [0.15, 0.2) is 0 Å². The number of nitrogens with one attached hydrogen (secondary N) is 1. The first-order chi connectivity index (χ1) is 7.99. The summed E-state index contributed by atoms with van der Waals surface area (Å²) in [5.74, 6) is 0.489. The summed E-state index contributed by atoms with van der Waals surface area (Å²) in [6.45, 7) is 0.309. The molecule has 1 aromatic rings. The summed E-state index contributed by atoms with van der Waals surface area (Å²) >= 11 is 3.27. The third-order valence-corrected chi connectivity index (χ3v) is 4.83. The lowest BCUT2D eigenvalue weighted by Crippen LogP contribution is -2.38. The maximum absolute atomic E-state index is 11.9. The Hall–Kier alpha value is -0.430. The predicted octanol–water partition coefficient (Wildman–Crippen LogP) is 1.46. The van der Waals surface area contributed by atoms with Crippen molar-refractivity contribution in [3.8, 4) is 0 Å². The Morgan fingerprint density at radius 1 is 1.35 bits per heavy atom. The minimum Gasteiger partial charge on any atom is -0.326 e. The Morgan fingerprint density at radius 3 is 2.47 bits per heavy atom. The standard InChI is InChI=1S/C11H15BrN2O2S/c12-9-3-5-10(6-4-9)17(15,16)14-7-11(13)8-1-2-8/h3-6,8,11,14H,1-2,7,13H2. The van der Waals surface area contributed by atoms with Gasteiger partial charge in [-0.15, -0.1) is 0 Å². The topological polar surface area (TPSA) is 72.2 Å². The van der Waals surface area contributed by atoms with Crippen molar-refractivity contribution in [2.75, 3.05) is 6.54 Å². The number of halogens is 1. The van der Waals surface area contributed by atoms with Crippen LogP contribution in [0.25, 0.3) is 0 Å². The van der Waals surface area contributed by atoms with Crippen molar-refractivity contribution >= 4 is 26.0 Å². The van der Waals surface area contributed by atoms with Gasteiger partial charge in [-0.2, -0.15) is 0 Å². The van der Waals surface area contributed by atoms with Crippen molar-refractivity contribution in [1.82, 2.24) is 4.72 Å². The third-order valence-electron chi connectivity index (χ3n) is 2.86. The molecule has 0 bridgehead atoms. The smallest absolute Gasteiger partial charge is 0.240 e. The van der Waals surface area contributed by atoms with E-state index >= 15 is 0 Å². The number of rotatable bonds is 5. The molecule has 3 N–H and O–H groups in total. The van der Waals surface area contributed by atoms with E-state index in [1.54, 1.807) is 24.3 Å². The molecule has 1 fully saturated rings. The Balaban J connectivity index is 2.00. The molecular formula is C11H15BrN2O2S. The normalized spacial score (nSPS) is 18.0. The van der Waals surface area contributed by atoms with Crippen LogP contribution in [-0.4, -0.2) is 21.0 Å². The average molecular weight is 319 g/mol. The first-order valence-electron chi connectivity index (χ1n) is 5.50. The van der Waals surface area contributed by atoms with E-state index in [1.165, 1.54) is 0 Å². The highest BCUT2D eigenvalue weighted by molar-refractivity contribution is 9.10. The molecule has 0 amide bonds. The Morgan fingerprint density at radius 2 is 1.94 bits per heavy atom. The number of hydrogen-bond acceptors (Lipinski definition) is 3. The summed E-state index contributed by atoms with van der Waals surface area (Å²) in [7, 11) is -3.43. The van der Waals surface area contributed by atoms with Crippen molar-refractivity contribution in [3.05, 3.63) is 28.7 Å². The molecule has 1 aromatic carbocycles. The largest absolute Gasteiger partial charge is 0.326 e. The number of benzene rings is 1. The monoisotopic (exact) mass is 318 g/mol. The van der Waals surface area contributed by atoms with E-state index < -0.39 is 10.0 Å². The molecule has 1 aliphatic carbocycles. The Kier molecular flexibility index (Phi) is 3.87. The maximum Gasteiger partial charge on any atom is 0.240 e. The maximum atomic E-state index is 11.9. The van der Waals surface area contributed by atoms with Gasteiger partial charge in [0.25, 0.3) is 0 Å². The van der Waals surface area contributed by atoms with Gasteiger partial charge in [-0.1, -0.05) is 15.9 Å². The Labute approximate surface area is 110 Å². The lowest BCUT2D eigenvalue weighted by Gasteiger charge is -2.12. The first kappa shape index (κ1) is 13.0. The van der Waals surface area contributed by atoms with E-state index in [9.17, 15) is 8.42 Å². The first-order valence-corrected chi connectivity index (χ1v) is 7.77. The second-order valence-corrected chi connectivity index (χ2v) is 6.99. The minimum atomic E-state index is -3.43. The molecule has 94 valence electrons. The molecule has 1 unspecified atom stereocenters. The van der Waals surface area contributed by atoms with Crippen LogP contribution in [0.3, 0.4) is 0 Å². The van der Waals surface area contributed by atoms with Gasteiger partial charge in [-0.05, 0) is 43.0 Å². The lowest BCUT2D eigenvalue weighted by molar-refractivity contribution is 0.547. The summed E-state index contributed by atoms with van der Waals surface area (Å²) in [5, 5.41) is 0. The molecule has 0 radical (unpaired) electrons. The van der Waals surface area contributed by atoms with E-state index in [0.29, 0.717) is 12.5 Å². The molecule has 2 rings (SSSR count). The molecular weight excluding hydrogens is 304 g/mol. The molecule has 1 atom stereocenters. The van der Waals surface area contributed by atoms with Crippen molar-refractivity contribution in [2.45, 2.75) is 23.8 Å². The average Bonchev–Trinajstić information content (AvgIpc) is 3.10. The van der Waals surface area contributed by atoms with Crippen LogP contribution in [0.4, 0.5) is 0 Å². The van der Waals surface area contributed by atoms with Crippen LogP contribution >= 0.6 is 15.9 Å². The summed E-state index contributed by atoms with van der Waals surface area (Å²) in [6.07, 6.45) is 2.22. The fourth-order valence-electron chi connectivity index (χ4n) is 1.59. The van der Waals surface area contributed by atoms with Gasteiger partial charge < -0.3 is 5.73 Å². The van der Waals surface area contributed by atoms with Gasteiger partial charge in [0.05, 0.1) is 4.90 Å². The molecule has 1 saturated carbocycles. The molecule has 0 aliphatic heterocycles. The fourth-order valence-corrected chi connectivity index (χ4v) is 2.93. The molecule has 4 nitrogen and oxygen atoms in total. The number of nitrogens with two attached hydrogens (primary N) is 1. The molecule has 6 heteroatoms. The highest BCUT2D eigenvalue weighted by atomic mass is 79.9. The van der Waals surface area contributed by atoms with Gasteiger partial charge in [0.1, 0.15) is 0 Å². The fraction of sp³-hybridized carbons (Fsp3) is 0.455. The quantitative estimate of drug-likeness (QED) is 0.863. The van der Waals surface area contributed by atoms with Crippen LogP contribution in [0.5, 0.6) is 0 Å². The summed E-state index contributed by atoms with van der Waals surface area (Å²) < 4.78 is 27.2. The van der Waals surface area contributed by atoms with Crippen molar-refractivity contribution in [3.63, 3.8) is 0 Å². The second kappa shape index (κ2) is 5.06. The lowest BCUT2D eigenvalue weighted by atomic mass is 10.2. The Bertz CT molecular complexity index is 483. The summed E-state index contributed by atoms with van der Waals surface area (Å²) in [6, 6.07) is 6.47. The van der Waals surface area contributed by atoms with E-state index in [-0.39, 0.29) is 10.9 Å². The number of sulfonamides is 1. The zero-order valence-electron chi connectivity index (χ0n) is 9.27. The van der Waals surface area contributed by atoms with E-state index in [0.717, 1.165) is 17.3 Å². The van der Waals surface area contributed by atoms with Gasteiger partial charge in [-0.3, -0.25) is 0 Å². The molecule has 1 aliphatic rings. The van der Waals surface area contributed by atoms with E-state index in [2.05, 4.69) is 20.7 Å². The van der Waals surface area contributed by atoms with Crippen molar-refractivity contribution < 1.29 is 8.42 Å². The van der Waals surface area contributed by atoms with Crippen LogP contribution in [0.1, 0.15) is 12.8 Å². The highest BCUT2D eigenvalue weighted by Crippen LogP contribution is 2.31. The molecule has 0 saturated heterocycles. The van der Waals surface area contributed by atoms with E-state index in [1.807, 2.05) is 0 Å². The zero-order chi connectivity index (χ0) is 12.5. The molecule has 0 spiro atoms. The highest BCUT2D eigenvalue weighted by Gasteiger charge is 2.29. The third kappa shape index (κ3) is 3.51. The summed E-state index contributed by atoms with van der Waals surface area (Å²) in [4.78, 5) is 0.267. The van der Waals surface area contributed by atoms with Gasteiger partial charge in [0.2, 0.25) is 10.0 Å². The van der Waals surface area contributed by atoms with Crippen LogP contribution in [0.15, 0.2) is 33.6 Å². The van der Waals surface area contributed by atoms with Gasteiger partial charge in [0, 0.05) is 17.1 Å². The predicted molar refractivity (Wildman–Crippen MR) is 70.0 cm³/mol. The van der Waals surface area contributed by atoms with Gasteiger partial charge >= 0.3 is 0 Å². The number of hydrogen-bond donors (Lipinski definition) is 2. The van der Waals surface area contributed by atoms with Crippen LogP contribution in [0.2, 0.25) is 0 Å². The zero-order valence-corrected chi connectivity index (χ0v) is 11.7. The van der Waals surface area contributed by atoms with E-state index in [4.69, 9.17) is 5.73 Å². The molecule has 17 heavy (non-hydrogen) atoms.